The van der Waals surface area contributed by atoms with Gasteiger partial charge in [0.05, 0.1) is 19.4 Å². The number of hydrogen-bond donors (Lipinski definition) is 1. The number of methoxy groups -OCH3 is 1. The van der Waals surface area contributed by atoms with Gasteiger partial charge in [-0.3, -0.25) is 4.90 Å². The van der Waals surface area contributed by atoms with Crippen LogP contribution >= 0.6 is 37.2 Å². The fourth-order valence-electron chi connectivity index (χ4n) is 3.90. The summed E-state index contributed by atoms with van der Waals surface area (Å²) in [5, 5.41) is 3.39. The van der Waals surface area contributed by atoms with Crippen molar-refractivity contribution < 1.29 is 9.47 Å². The van der Waals surface area contributed by atoms with E-state index in [-0.39, 0.29) is 37.2 Å². The summed E-state index contributed by atoms with van der Waals surface area (Å²) in [5.74, 6) is 1.87. The molecule has 34 heavy (non-hydrogen) atoms. The van der Waals surface area contributed by atoms with Crippen LogP contribution in [0.5, 0.6) is 11.5 Å². The number of anilines is 3. The summed E-state index contributed by atoms with van der Waals surface area (Å²) in [7, 11) is 1.74. The van der Waals surface area contributed by atoms with E-state index in [1.807, 2.05) is 42.5 Å². The zero-order valence-electron chi connectivity index (χ0n) is 19.4. The Hall–Kier alpha value is -2.31. The van der Waals surface area contributed by atoms with Crippen molar-refractivity contribution in [1.29, 1.82) is 0 Å². The molecule has 0 aliphatic carbocycles. The number of nitrogens with one attached hydrogen (secondary N) is 1. The van der Waals surface area contributed by atoms with E-state index in [2.05, 4.69) is 51.5 Å². The molecule has 1 heterocycles. The first-order chi connectivity index (χ1) is 15.3. The number of benzene rings is 3. The van der Waals surface area contributed by atoms with Gasteiger partial charge in [0.2, 0.25) is 0 Å². The topological polar surface area (TPSA) is 37.0 Å². The lowest BCUT2D eigenvalue weighted by atomic mass is 10.2. The highest BCUT2D eigenvalue weighted by Crippen LogP contribution is 2.28. The third kappa shape index (κ3) is 8.48. The molecule has 186 valence electrons. The molecule has 3 aromatic rings. The first-order valence-corrected chi connectivity index (χ1v) is 11.0. The van der Waals surface area contributed by atoms with Gasteiger partial charge in [-0.15, -0.1) is 37.2 Å². The van der Waals surface area contributed by atoms with Crippen molar-refractivity contribution in [3.63, 3.8) is 0 Å². The molecule has 8 heteroatoms. The molecule has 1 aliphatic rings. The van der Waals surface area contributed by atoms with Crippen LogP contribution in [-0.2, 0) is 0 Å². The van der Waals surface area contributed by atoms with Crippen LogP contribution in [0.4, 0.5) is 17.1 Å². The maximum absolute atomic E-state index is 5.94. The van der Waals surface area contributed by atoms with Crippen LogP contribution in [-0.4, -0.2) is 51.3 Å². The summed E-state index contributed by atoms with van der Waals surface area (Å²) in [5.41, 5.74) is 3.34. The Morgan fingerprint density at radius 3 is 2.03 bits per heavy atom. The number of piperazine rings is 1. The Kier molecular flexibility index (Phi) is 13.6. The normalized spacial score (nSPS) is 13.0. The molecule has 0 unspecified atom stereocenters. The van der Waals surface area contributed by atoms with Crippen molar-refractivity contribution in [2.24, 2.45) is 0 Å². The van der Waals surface area contributed by atoms with Crippen LogP contribution in [0.15, 0.2) is 78.9 Å². The van der Waals surface area contributed by atoms with Gasteiger partial charge in [0, 0.05) is 44.1 Å². The van der Waals surface area contributed by atoms with Crippen LogP contribution < -0.4 is 19.7 Å². The van der Waals surface area contributed by atoms with E-state index >= 15 is 0 Å². The van der Waals surface area contributed by atoms with Crippen LogP contribution in [0.2, 0.25) is 0 Å². The van der Waals surface area contributed by atoms with Crippen molar-refractivity contribution in [3.05, 3.63) is 78.9 Å². The van der Waals surface area contributed by atoms with Gasteiger partial charge in [0.1, 0.15) is 11.5 Å². The van der Waals surface area contributed by atoms with Gasteiger partial charge >= 0.3 is 0 Å². The fraction of sp³-hybridized carbons (Fsp3) is 0.308. The van der Waals surface area contributed by atoms with Crippen molar-refractivity contribution in [2.45, 2.75) is 6.42 Å². The van der Waals surface area contributed by atoms with Crippen LogP contribution in [0.25, 0.3) is 0 Å². The van der Waals surface area contributed by atoms with E-state index < -0.39 is 0 Å². The van der Waals surface area contributed by atoms with Gasteiger partial charge < -0.3 is 19.7 Å². The summed E-state index contributed by atoms with van der Waals surface area (Å²) in [6.07, 6.45) is 1.03. The second kappa shape index (κ2) is 15.6. The first-order valence-electron chi connectivity index (χ1n) is 11.0. The highest BCUT2D eigenvalue weighted by atomic mass is 35.5. The van der Waals surface area contributed by atoms with Crippen molar-refractivity contribution >= 4 is 54.3 Å². The lowest BCUT2D eigenvalue weighted by Crippen LogP contribution is -2.46. The van der Waals surface area contributed by atoms with E-state index in [1.165, 1.54) is 5.69 Å². The zero-order valence-corrected chi connectivity index (χ0v) is 21.8. The predicted molar refractivity (Wildman–Crippen MR) is 150 cm³/mol. The molecule has 1 fully saturated rings. The molecule has 0 bridgehead atoms. The van der Waals surface area contributed by atoms with Gasteiger partial charge in [0.25, 0.3) is 0 Å². The van der Waals surface area contributed by atoms with Crippen LogP contribution in [0.1, 0.15) is 6.42 Å². The minimum absolute atomic E-state index is 0. The molecule has 0 atom stereocenters. The highest BCUT2D eigenvalue weighted by Gasteiger charge is 2.19. The van der Waals surface area contributed by atoms with E-state index in [4.69, 9.17) is 9.47 Å². The minimum Gasteiger partial charge on any atom is -0.495 e. The minimum atomic E-state index is 0. The Labute approximate surface area is 221 Å². The summed E-state index contributed by atoms with van der Waals surface area (Å²) >= 11 is 0. The number of para-hydroxylation sites is 3. The van der Waals surface area contributed by atoms with E-state index in [1.54, 1.807) is 7.11 Å². The van der Waals surface area contributed by atoms with Crippen LogP contribution in [0.3, 0.4) is 0 Å². The maximum atomic E-state index is 5.94. The largest absolute Gasteiger partial charge is 0.495 e. The molecule has 0 radical (unpaired) electrons. The molecule has 0 spiro atoms. The summed E-state index contributed by atoms with van der Waals surface area (Å²) in [6, 6.07) is 26.6. The third-order valence-corrected chi connectivity index (χ3v) is 5.60. The lowest BCUT2D eigenvalue weighted by molar-refractivity contribution is 0.224. The number of hydrogen-bond acceptors (Lipinski definition) is 5. The number of ether oxygens (including phenoxy) is 2. The molecule has 0 saturated carbocycles. The molecule has 0 amide bonds. The number of nitrogens with zero attached hydrogens (tertiary/aromatic N) is 2. The van der Waals surface area contributed by atoms with Crippen molar-refractivity contribution in [1.82, 2.24) is 4.90 Å². The predicted octanol–water partition coefficient (Wildman–Crippen LogP) is 6.30. The van der Waals surface area contributed by atoms with Gasteiger partial charge in [-0.1, -0.05) is 30.3 Å². The SMILES string of the molecule is COc1ccccc1N1CCN(CCCOc2ccc(Nc3ccccc3)cc2)CC1.Cl.Cl.Cl. The molecular formula is C26H34Cl3N3O2. The quantitative estimate of drug-likeness (QED) is 0.331. The van der Waals surface area contributed by atoms with Gasteiger partial charge in [-0.2, -0.15) is 0 Å². The second-order valence-electron chi connectivity index (χ2n) is 7.72. The summed E-state index contributed by atoms with van der Waals surface area (Å²) in [6.45, 7) is 5.98. The van der Waals surface area contributed by atoms with E-state index in [9.17, 15) is 0 Å². The number of rotatable bonds is 9. The second-order valence-corrected chi connectivity index (χ2v) is 7.72. The molecule has 5 nitrogen and oxygen atoms in total. The molecule has 1 aliphatic heterocycles. The lowest BCUT2D eigenvalue weighted by Gasteiger charge is -2.36. The van der Waals surface area contributed by atoms with Gasteiger partial charge in [0.15, 0.2) is 0 Å². The van der Waals surface area contributed by atoms with Crippen LogP contribution in [0, 0.1) is 0 Å². The van der Waals surface area contributed by atoms with Gasteiger partial charge in [-0.25, -0.2) is 0 Å². The Bertz CT molecular complexity index is 938. The van der Waals surface area contributed by atoms with E-state index in [0.29, 0.717) is 0 Å². The van der Waals surface area contributed by atoms with Crippen molar-refractivity contribution in [2.75, 3.05) is 56.7 Å². The highest BCUT2D eigenvalue weighted by molar-refractivity contribution is 5.86. The fourth-order valence-corrected chi connectivity index (χ4v) is 3.90. The molecule has 1 N–H and O–H groups in total. The first kappa shape index (κ1) is 29.7. The molecular weight excluding hydrogens is 493 g/mol. The molecule has 3 aromatic carbocycles. The smallest absolute Gasteiger partial charge is 0.142 e. The van der Waals surface area contributed by atoms with Crippen molar-refractivity contribution in [3.8, 4) is 11.5 Å². The maximum Gasteiger partial charge on any atom is 0.142 e. The Morgan fingerprint density at radius 1 is 0.735 bits per heavy atom. The van der Waals surface area contributed by atoms with E-state index in [0.717, 1.165) is 68.6 Å². The standard InChI is InChI=1S/C26H31N3O2.3ClH/c1-30-26-11-6-5-10-25(26)29-19-17-28(18-20-29)16-7-21-31-24-14-12-23(13-15-24)27-22-8-3-2-4-9-22;;;/h2-6,8-15,27H,7,16-21H2,1H3;3*1H. The monoisotopic (exact) mass is 525 g/mol. The summed E-state index contributed by atoms with van der Waals surface area (Å²) < 4.78 is 11.4. The van der Waals surface area contributed by atoms with Gasteiger partial charge in [-0.05, 0) is 55.0 Å². The molecule has 1 saturated heterocycles. The molecule has 4 rings (SSSR count). The average Bonchev–Trinajstić information content (AvgIpc) is 2.84. The number of halogens is 3. The zero-order chi connectivity index (χ0) is 21.3. The molecule has 0 aromatic heterocycles. The third-order valence-electron chi connectivity index (χ3n) is 5.60. The summed E-state index contributed by atoms with van der Waals surface area (Å²) in [4.78, 5) is 4.93. The Balaban J connectivity index is 0.00000193. The average molecular weight is 527 g/mol. The Morgan fingerprint density at radius 2 is 1.35 bits per heavy atom.